The van der Waals surface area contributed by atoms with E-state index in [1.807, 2.05) is 0 Å². The Balaban J connectivity index is -0.00000000800. The summed E-state index contributed by atoms with van der Waals surface area (Å²) < 4.78 is 31.6. The standard InChI is InChI=1S/ClH.2Na.H2O4S.2H/c;;;1-5(2,3)4;;/h1H;;;(H2,1,2,3,4);;/q;2*+1;;2*-1. The Morgan fingerprint density at radius 1 is 1.12 bits per heavy atom. The number of hydrogen-bond acceptors (Lipinski definition) is 2. The van der Waals surface area contributed by atoms with Crippen LogP contribution in [0.15, 0.2) is 0 Å². The minimum absolute atomic E-state index is 0. The van der Waals surface area contributed by atoms with Gasteiger partial charge in [-0.1, -0.05) is 0 Å². The molecule has 8 heavy (non-hydrogen) atoms. The van der Waals surface area contributed by atoms with Crippen LogP contribution < -0.4 is 59.1 Å². The first kappa shape index (κ1) is 22.5. The average molecular weight is 183 g/mol. The smallest absolute Gasteiger partial charge is 1.00 e. The van der Waals surface area contributed by atoms with Crippen LogP contribution in [0.1, 0.15) is 2.85 Å². The Kier molecular flexibility index (Phi) is 25.7. The molecular formula is H5ClNa2O4S. The molecule has 0 amide bonds. The summed E-state index contributed by atoms with van der Waals surface area (Å²) in [6, 6.07) is 0. The Hall–Kier alpha value is 2.16. The van der Waals surface area contributed by atoms with Gasteiger partial charge in [-0.15, -0.1) is 12.4 Å². The second kappa shape index (κ2) is 9.16. The predicted molar refractivity (Wildman–Crippen MR) is 23.6 cm³/mol. The molecule has 0 saturated heterocycles. The van der Waals surface area contributed by atoms with Gasteiger partial charge in [0.2, 0.25) is 0 Å². The van der Waals surface area contributed by atoms with Crippen molar-refractivity contribution in [1.29, 1.82) is 0 Å². The second-order valence-electron chi connectivity index (χ2n) is 0.448. The van der Waals surface area contributed by atoms with E-state index in [9.17, 15) is 0 Å². The molecule has 0 aromatic rings. The van der Waals surface area contributed by atoms with E-state index in [1.54, 1.807) is 0 Å². The summed E-state index contributed by atoms with van der Waals surface area (Å²) in [5.41, 5.74) is 0. The van der Waals surface area contributed by atoms with Crippen LogP contribution in [0.5, 0.6) is 0 Å². The van der Waals surface area contributed by atoms with Crippen LogP contribution in [0.2, 0.25) is 0 Å². The van der Waals surface area contributed by atoms with Crippen LogP contribution in [-0.2, 0) is 10.4 Å². The van der Waals surface area contributed by atoms with Crippen LogP contribution in [-0.4, -0.2) is 17.5 Å². The van der Waals surface area contributed by atoms with Crippen molar-refractivity contribution < 1.29 is 79.5 Å². The number of rotatable bonds is 0. The van der Waals surface area contributed by atoms with E-state index in [4.69, 9.17) is 17.5 Å². The van der Waals surface area contributed by atoms with Crippen LogP contribution in [0, 0.1) is 0 Å². The minimum atomic E-state index is -4.67. The zero-order valence-corrected chi connectivity index (χ0v) is 10.2. The maximum Gasteiger partial charge on any atom is 1.00 e. The van der Waals surface area contributed by atoms with E-state index in [-0.39, 0.29) is 74.4 Å². The van der Waals surface area contributed by atoms with E-state index in [0.717, 1.165) is 0 Å². The van der Waals surface area contributed by atoms with Gasteiger partial charge < -0.3 is 2.85 Å². The zero-order valence-electron chi connectivity index (χ0n) is 6.53. The van der Waals surface area contributed by atoms with Gasteiger partial charge in [0.15, 0.2) is 0 Å². The third-order valence-corrected chi connectivity index (χ3v) is 0. The van der Waals surface area contributed by atoms with Gasteiger partial charge in [-0.25, -0.2) is 0 Å². The van der Waals surface area contributed by atoms with E-state index in [0.29, 0.717) is 0 Å². The van der Waals surface area contributed by atoms with Crippen LogP contribution in [0.4, 0.5) is 0 Å². The maximum absolute atomic E-state index is 8.74. The summed E-state index contributed by atoms with van der Waals surface area (Å²) in [6.07, 6.45) is 0. The summed E-state index contributed by atoms with van der Waals surface area (Å²) in [5, 5.41) is 0. The fourth-order valence-electron chi connectivity index (χ4n) is 0. The molecule has 0 aromatic heterocycles. The molecule has 0 aliphatic rings. The van der Waals surface area contributed by atoms with Crippen molar-refractivity contribution in [1.82, 2.24) is 0 Å². The van der Waals surface area contributed by atoms with Crippen molar-refractivity contribution in [3.8, 4) is 0 Å². The molecule has 0 aliphatic heterocycles. The number of halogens is 1. The second-order valence-corrected chi connectivity index (χ2v) is 1.34. The molecule has 0 radical (unpaired) electrons. The predicted octanol–water partition coefficient (Wildman–Crippen LogP) is -6.00. The van der Waals surface area contributed by atoms with E-state index >= 15 is 0 Å². The van der Waals surface area contributed by atoms with Crippen LogP contribution >= 0.6 is 12.4 Å². The summed E-state index contributed by atoms with van der Waals surface area (Å²) in [5.74, 6) is 0. The van der Waals surface area contributed by atoms with Gasteiger partial charge in [-0.05, 0) is 0 Å². The average Bonchev–Trinajstić information content (AvgIpc) is 0.722. The fourth-order valence-corrected chi connectivity index (χ4v) is 0. The summed E-state index contributed by atoms with van der Waals surface area (Å²) in [7, 11) is -4.67. The first-order valence-electron chi connectivity index (χ1n) is 0.698. The van der Waals surface area contributed by atoms with E-state index < -0.39 is 10.4 Å². The van der Waals surface area contributed by atoms with Gasteiger partial charge in [0.1, 0.15) is 0 Å². The summed E-state index contributed by atoms with van der Waals surface area (Å²) in [4.78, 5) is 0. The number of hydrogen-bond donors (Lipinski definition) is 2. The molecule has 0 bridgehead atoms. The van der Waals surface area contributed by atoms with Gasteiger partial charge in [-0.2, -0.15) is 8.42 Å². The first-order chi connectivity index (χ1) is 2.00. The molecule has 44 valence electrons. The quantitative estimate of drug-likeness (QED) is 0.289. The molecule has 0 unspecified atom stereocenters. The largest absolute Gasteiger partial charge is 1.00 e. The SMILES string of the molecule is Cl.O=S(=O)(O)O.[H-].[H-].[Na+].[Na+]. The van der Waals surface area contributed by atoms with Crippen molar-refractivity contribution in [3.05, 3.63) is 0 Å². The van der Waals surface area contributed by atoms with Crippen molar-refractivity contribution in [2.24, 2.45) is 0 Å². The molecule has 4 nitrogen and oxygen atoms in total. The third kappa shape index (κ3) is 89.7. The van der Waals surface area contributed by atoms with Crippen molar-refractivity contribution in [2.45, 2.75) is 0 Å². The first-order valence-corrected chi connectivity index (χ1v) is 2.10. The zero-order chi connectivity index (χ0) is 4.50. The molecule has 0 saturated carbocycles. The fraction of sp³-hybridized carbons (Fsp3) is 0. The molecule has 0 aliphatic carbocycles. The van der Waals surface area contributed by atoms with Crippen molar-refractivity contribution in [3.63, 3.8) is 0 Å². The van der Waals surface area contributed by atoms with Gasteiger partial charge in [-0.3, -0.25) is 9.11 Å². The molecule has 0 atom stereocenters. The van der Waals surface area contributed by atoms with Gasteiger partial charge in [0, 0.05) is 0 Å². The van der Waals surface area contributed by atoms with E-state index in [2.05, 4.69) is 0 Å². The van der Waals surface area contributed by atoms with Gasteiger partial charge >= 0.3 is 69.5 Å². The summed E-state index contributed by atoms with van der Waals surface area (Å²) in [6.45, 7) is 0. The molecule has 0 heterocycles. The summed E-state index contributed by atoms with van der Waals surface area (Å²) >= 11 is 0. The molecular weight excluding hydrogens is 177 g/mol. The Morgan fingerprint density at radius 3 is 1.12 bits per heavy atom. The Morgan fingerprint density at radius 2 is 1.12 bits per heavy atom. The van der Waals surface area contributed by atoms with Crippen molar-refractivity contribution >= 4 is 22.8 Å². The Bertz CT molecular complexity index is 104. The van der Waals surface area contributed by atoms with Crippen molar-refractivity contribution in [2.75, 3.05) is 0 Å². The molecule has 0 rings (SSSR count). The molecule has 0 aromatic carbocycles. The Labute approximate surface area is 101 Å². The third-order valence-electron chi connectivity index (χ3n) is 0. The molecule has 0 fully saturated rings. The van der Waals surface area contributed by atoms with Crippen LogP contribution in [0.3, 0.4) is 0 Å². The molecule has 8 heteroatoms. The van der Waals surface area contributed by atoms with Gasteiger partial charge in [0.05, 0.1) is 0 Å². The van der Waals surface area contributed by atoms with E-state index in [1.165, 1.54) is 0 Å². The molecule has 0 spiro atoms. The van der Waals surface area contributed by atoms with Crippen LogP contribution in [0.25, 0.3) is 0 Å². The van der Waals surface area contributed by atoms with Gasteiger partial charge in [0.25, 0.3) is 0 Å². The minimum Gasteiger partial charge on any atom is -1.00 e. The maximum atomic E-state index is 8.74. The topological polar surface area (TPSA) is 74.6 Å². The monoisotopic (exact) mass is 182 g/mol. The molecule has 2 N–H and O–H groups in total. The normalized spacial score (nSPS) is 7.25.